The van der Waals surface area contributed by atoms with Gasteiger partial charge in [0.2, 0.25) is 0 Å². The summed E-state index contributed by atoms with van der Waals surface area (Å²) in [7, 11) is 0. The van der Waals surface area contributed by atoms with E-state index >= 15 is 0 Å². The molecule has 10 heteroatoms. The molecule has 2 aromatic rings. The minimum atomic E-state index is -0.319. The van der Waals surface area contributed by atoms with E-state index in [1.54, 1.807) is 24.5 Å². The van der Waals surface area contributed by atoms with Crippen molar-refractivity contribution in [2.75, 3.05) is 26.2 Å². The zero-order chi connectivity index (χ0) is 19.5. The first-order valence-corrected chi connectivity index (χ1v) is 9.10. The molecule has 0 fully saturated rings. The molecule has 1 amide bonds. The number of aryl methyl sites for hydroxylation is 1. The van der Waals surface area contributed by atoms with Crippen LogP contribution in [-0.4, -0.2) is 57.9 Å². The van der Waals surface area contributed by atoms with Crippen molar-refractivity contribution in [1.29, 1.82) is 0 Å². The Morgan fingerprint density at radius 3 is 2.68 bits per heavy atom. The Morgan fingerprint density at radius 2 is 1.96 bits per heavy atom. The molecule has 0 spiro atoms. The summed E-state index contributed by atoms with van der Waals surface area (Å²) in [5.74, 6) is 1.28. The molecular formula is C18H28IN7O2. The van der Waals surface area contributed by atoms with Crippen molar-refractivity contribution in [3.8, 4) is 5.75 Å². The van der Waals surface area contributed by atoms with E-state index in [9.17, 15) is 9.90 Å². The van der Waals surface area contributed by atoms with Crippen LogP contribution in [0.1, 0.15) is 30.0 Å². The number of hydrogen-bond acceptors (Lipinski definition) is 5. The fourth-order valence-electron chi connectivity index (χ4n) is 2.47. The molecule has 1 heterocycles. The molecule has 0 aliphatic carbocycles. The molecule has 0 atom stereocenters. The molecule has 1 aromatic carbocycles. The lowest BCUT2D eigenvalue weighted by molar-refractivity contribution is 0.0952. The van der Waals surface area contributed by atoms with E-state index in [2.05, 4.69) is 31.1 Å². The van der Waals surface area contributed by atoms with E-state index in [-0.39, 0.29) is 41.2 Å². The Balaban J connectivity index is 0.00000392. The Morgan fingerprint density at radius 1 is 1.18 bits per heavy atom. The number of guanidine groups is 1. The number of rotatable bonds is 9. The molecule has 0 aliphatic heterocycles. The topological polar surface area (TPSA) is 116 Å². The van der Waals surface area contributed by atoms with Crippen LogP contribution in [-0.2, 0) is 13.0 Å². The maximum Gasteiger partial charge on any atom is 0.255 e. The van der Waals surface area contributed by atoms with Crippen molar-refractivity contribution in [2.45, 2.75) is 26.8 Å². The van der Waals surface area contributed by atoms with Gasteiger partial charge in [0.1, 0.15) is 17.9 Å². The zero-order valence-electron chi connectivity index (χ0n) is 16.2. The Kier molecular flexibility index (Phi) is 10.9. The first kappa shape index (κ1) is 23.7. The number of phenols is 1. The van der Waals surface area contributed by atoms with Crippen LogP contribution in [0.4, 0.5) is 0 Å². The Hall–Kier alpha value is -2.37. The molecular weight excluding hydrogens is 473 g/mol. The maximum absolute atomic E-state index is 12.0. The highest BCUT2D eigenvalue weighted by atomic mass is 127. The summed E-state index contributed by atoms with van der Waals surface area (Å²) in [6, 6.07) is 6.45. The van der Waals surface area contributed by atoms with Crippen molar-refractivity contribution in [3.63, 3.8) is 0 Å². The molecule has 0 saturated heterocycles. The fraction of sp³-hybridized carbons (Fsp3) is 0.444. The third-order valence-corrected chi connectivity index (χ3v) is 3.82. The SMILES string of the molecule is CCNC(=NCCNC(=O)c1ccccc1O)NCCn1cnnc1CC.I. The van der Waals surface area contributed by atoms with E-state index < -0.39 is 0 Å². The molecule has 0 bridgehead atoms. The molecule has 0 saturated carbocycles. The predicted molar refractivity (Wildman–Crippen MR) is 119 cm³/mol. The van der Waals surface area contributed by atoms with Gasteiger partial charge in [-0.2, -0.15) is 0 Å². The van der Waals surface area contributed by atoms with Gasteiger partial charge in [-0.05, 0) is 19.1 Å². The number of carbonyl (C=O) groups is 1. The van der Waals surface area contributed by atoms with Crippen LogP contribution in [0.2, 0.25) is 0 Å². The zero-order valence-corrected chi connectivity index (χ0v) is 18.5. The van der Waals surface area contributed by atoms with E-state index in [0.29, 0.717) is 25.6 Å². The lowest BCUT2D eigenvalue weighted by Gasteiger charge is -2.12. The van der Waals surface area contributed by atoms with Crippen LogP contribution >= 0.6 is 24.0 Å². The van der Waals surface area contributed by atoms with Crippen molar-refractivity contribution >= 4 is 35.8 Å². The van der Waals surface area contributed by atoms with Crippen LogP contribution < -0.4 is 16.0 Å². The molecule has 0 radical (unpaired) electrons. The number of aliphatic imine (C=N–C) groups is 1. The van der Waals surface area contributed by atoms with Gasteiger partial charge in [0.15, 0.2) is 5.96 Å². The Bertz CT molecular complexity index is 764. The number of para-hydroxylation sites is 1. The predicted octanol–water partition coefficient (Wildman–Crippen LogP) is 1.15. The second-order valence-corrected chi connectivity index (χ2v) is 5.75. The summed E-state index contributed by atoms with van der Waals surface area (Å²) in [5, 5.41) is 26.8. The molecule has 154 valence electrons. The van der Waals surface area contributed by atoms with Crippen LogP contribution in [0, 0.1) is 0 Å². The minimum Gasteiger partial charge on any atom is -0.507 e. The van der Waals surface area contributed by atoms with Gasteiger partial charge in [0.05, 0.1) is 12.1 Å². The molecule has 4 N–H and O–H groups in total. The summed E-state index contributed by atoms with van der Waals surface area (Å²) in [4.78, 5) is 16.5. The van der Waals surface area contributed by atoms with E-state index in [4.69, 9.17) is 0 Å². The summed E-state index contributed by atoms with van der Waals surface area (Å²) >= 11 is 0. The van der Waals surface area contributed by atoms with Crippen molar-refractivity contribution in [3.05, 3.63) is 42.0 Å². The number of nitrogens with one attached hydrogen (secondary N) is 3. The van der Waals surface area contributed by atoms with Gasteiger partial charge < -0.3 is 25.6 Å². The number of phenolic OH excluding ortho intramolecular Hbond substituents is 1. The van der Waals surface area contributed by atoms with Gasteiger partial charge in [-0.1, -0.05) is 19.1 Å². The van der Waals surface area contributed by atoms with Crippen LogP contribution in [0.5, 0.6) is 5.75 Å². The van der Waals surface area contributed by atoms with Crippen LogP contribution in [0.15, 0.2) is 35.6 Å². The van der Waals surface area contributed by atoms with Gasteiger partial charge in [0, 0.05) is 32.6 Å². The Labute approximate surface area is 182 Å². The van der Waals surface area contributed by atoms with Gasteiger partial charge in [-0.15, -0.1) is 34.2 Å². The minimum absolute atomic E-state index is 0. The average molecular weight is 501 g/mol. The third-order valence-electron chi connectivity index (χ3n) is 3.82. The van der Waals surface area contributed by atoms with E-state index in [1.165, 1.54) is 6.07 Å². The molecule has 9 nitrogen and oxygen atoms in total. The average Bonchev–Trinajstić information content (AvgIpc) is 3.12. The second kappa shape index (κ2) is 12.9. The lowest BCUT2D eigenvalue weighted by Crippen LogP contribution is -2.39. The highest BCUT2D eigenvalue weighted by molar-refractivity contribution is 14.0. The molecule has 2 rings (SSSR count). The summed E-state index contributed by atoms with van der Waals surface area (Å²) in [5.41, 5.74) is 0.257. The normalized spacial score (nSPS) is 10.9. The molecule has 0 aliphatic rings. The summed E-state index contributed by atoms with van der Waals surface area (Å²) < 4.78 is 2.00. The standard InChI is InChI=1S/C18H27N7O2.HI/c1-3-16-24-23-13-25(16)12-11-22-18(19-4-2)21-10-9-20-17(27)14-7-5-6-8-15(14)26;/h5-8,13,26H,3-4,9-12H2,1-2H3,(H,20,27)(H2,19,21,22);1H. The monoisotopic (exact) mass is 501 g/mol. The van der Waals surface area contributed by atoms with Crippen LogP contribution in [0.25, 0.3) is 0 Å². The highest BCUT2D eigenvalue weighted by Crippen LogP contribution is 2.14. The summed E-state index contributed by atoms with van der Waals surface area (Å²) in [6.07, 6.45) is 2.56. The lowest BCUT2D eigenvalue weighted by atomic mass is 10.2. The van der Waals surface area contributed by atoms with E-state index in [1.807, 2.05) is 18.4 Å². The van der Waals surface area contributed by atoms with Gasteiger partial charge in [-0.3, -0.25) is 9.79 Å². The van der Waals surface area contributed by atoms with Gasteiger partial charge >= 0.3 is 0 Å². The number of amides is 1. The van der Waals surface area contributed by atoms with Crippen molar-refractivity contribution < 1.29 is 9.90 Å². The first-order valence-electron chi connectivity index (χ1n) is 9.10. The largest absolute Gasteiger partial charge is 0.507 e. The molecule has 0 unspecified atom stereocenters. The first-order chi connectivity index (χ1) is 13.2. The highest BCUT2D eigenvalue weighted by Gasteiger charge is 2.09. The number of nitrogens with zero attached hydrogens (tertiary/aromatic N) is 4. The van der Waals surface area contributed by atoms with E-state index in [0.717, 1.165) is 25.3 Å². The quantitative estimate of drug-likeness (QED) is 0.177. The fourth-order valence-corrected chi connectivity index (χ4v) is 2.47. The van der Waals surface area contributed by atoms with Crippen molar-refractivity contribution in [1.82, 2.24) is 30.7 Å². The number of carbonyl (C=O) groups excluding carboxylic acids is 1. The third kappa shape index (κ3) is 7.33. The summed E-state index contributed by atoms with van der Waals surface area (Å²) in [6.45, 7) is 6.99. The number of hydrogen-bond donors (Lipinski definition) is 4. The van der Waals surface area contributed by atoms with Crippen LogP contribution in [0.3, 0.4) is 0 Å². The van der Waals surface area contributed by atoms with Gasteiger partial charge in [0.25, 0.3) is 5.91 Å². The van der Waals surface area contributed by atoms with Gasteiger partial charge in [-0.25, -0.2) is 0 Å². The number of benzene rings is 1. The smallest absolute Gasteiger partial charge is 0.255 e. The number of aromatic hydroxyl groups is 1. The second-order valence-electron chi connectivity index (χ2n) is 5.75. The van der Waals surface area contributed by atoms with Crippen molar-refractivity contribution in [2.24, 2.45) is 4.99 Å². The maximum atomic E-state index is 12.0. The number of halogens is 1. The number of aromatic nitrogens is 3. The molecule has 1 aromatic heterocycles. The molecule has 28 heavy (non-hydrogen) atoms.